The third kappa shape index (κ3) is 4.76. The predicted octanol–water partition coefficient (Wildman–Crippen LogP) is 3.45. The zero-order valence-corrected chi connectivity index (χ0v) is 17.6. The van der Waals surface area contributed by atoms with E-state index in [1.54, 1.807) is 18.7 Å². The predicted molar refractivity (Wildman–Crippen MR) is 106 cm³/mol. The number of hydrogen-bond acceptors (Lipinski definition) is 6. The summed E-state index contributed by atoms with van der Waals surface area (Å²) in [4.78, 5) is 26.4. The molecule has 1 N–H and O–H groups in total. The summed E-state index contributed by atoms with van der Waals surface area (Å²) < 4.78 is 52.0. The largest absolute Gasteiger partial charge is 0.466 e. The maximum Gasteiger partial charge on any atom is 0.429 e. The van der Waals surface area contributed by atoms with Crippen molar-refractivity contribution in [2.45, 2.75) is 45.0 Å². The summed E-state index contributed by atoms with van der Waals surface area (Å²) in [5.74, 6) is -1.74. The SMILES string of the molecule is COC(=O)C1=C(C)NC(C)=C(C(=O)O[C@]2(C(F)(F)F)CCN(Cc3ccccc3)C2)C1. The van der Waals surface area contributed by atoms with Crippen LogP contribution in [0.15, 0.2) is 52.9 Å². The number of ether oxygens (including phenoxy) is 2. The van der Waals surface area contributed by atoms with Crippen LogP contribution in [-0.4, -0.2) is 48.8 Å². The fourth-order valence-electron chi connectivity index (χ4n) is 3.89. The van der Waals surface area contributed by atoms with Crippen molar-refractivity contribution in [2.24, 2.45) is 0 Å². The first-order valence-electron chi connectivity index (χ1n) is 9.87. The molecule has 0 bridgehead atoms. The Morgan fingerprint density at radius 2 is 1.71 bits per heavy atom. The van der Waals surface area contributed by atoms with Gasteiger partial charge in [-0.2, -0.15) is 13.2 Å². The van der Waals surface area contributed by atoms with Crippen molar-refractivity contribution < 1.29 is 32.2 Å². The van der Waals surface area contributed by atoms with Crippen molar-refractivity contribution >= 4 is 11.9 Å². The first kappa shape index (κ1) is 22.9. The second kappa shape index (κ2) is 8.74. The number of halogens is 3. The van der Waals surface area contributed by atoms with E-state index in [-0.39, 0.29) is 30.5 Å². The first-order chi connectivity index (χ1) is 14.6. The molecule has 0 amide bonds. The van der Waals surface area contributed by atoms with E-state index in [9.17, 15) is 22.8 Å². The van der Waals surface area contributed by atoms with Gasteiger partial charge >= 0.3 is 18.1 Å². The Bertz CT molecular complexity index is 924. The summed E-state index contributed by atoms with van der Waals surface area (Å²) in [6.07, 6.45) is -5.24. The van der Waals surface area contributed by atoms with Crippen LogP contribution in [0.4, 0.5) is 13.2 Å². The molecule has 2 aliphatic rings. The molecule has 0 radical (unpaired) electrons. The normalized spacial score (nSPS) is 22.4. The maximum atomic E-state index is 14.1. The molecule has 0 saturated carbocycles. The van der Waals surface area contributed by atoms with Crippen molar-refractivity contribution in [2.75, 3.05) is 20.2 Å². The molecule has 168 valence electrons. The van der Waals surface area contributed by atoms with Crippen LogP contribution in [0.3, 0.4) is 0 Å². The van der Waals surface area contributed by atoms with Gasteiger partial charge < -0.3 is 14.8 Å². The van der Waals surface area contributed by atoms with Gasteiger partial charge in [0.25, 0.3) is 0 Å². The van der Waals surface area contributed by atoms with E-state index in [2.05, 4.69) is 5.32 Å². The van der Waals surface area contributed by atoms with Gasteiger partial charge in [0.2, 0.25) is 5.60 Å². The van der Waals surface area contributed by atoms with Gasteiger partial charge in [0, 0.05) is 43.9 Å². The van der Waals surface area contributed by atoms with E-state index in [0.717, 1.165) is 5.56 Å². The molecular weight excluding hydrogens is 413 g/mol. The lowest BCUT2D eigenvalue weighted by molar-refractivity contribution is -0.263. The smallest absolute Gasteiger partial charge is 0.429 e. The van der Waals surface area contributed by atoms with Crippen LogP contribution in [0, 0.1) is 0 Å². The van der Waals surface area contributed by atoms with Crippen molar-refractivity contribution in [1.82, 2.24) is 10.2 Å². The van der Waals surface area contributed by atoms with Crippen molar-refractivity contribution in [3.05, 3.63) is 58.4 Å². The van der Waals surface area contributed by atoms with Crippen molar-refractivity contribution in [3.63, 3.8) is 0 Å². The van der Waals surface area contributed by atoms with Gasteiger partial charge in [-0.15, -0.1) is 0 Å². The molecule has 0 unspecified atom stereocenters. The minimum absolute atomic E-state index is 0.0175. The third-order valence-electron chi connectivity index (χ3n) is 5.68. The van der Waals surface area contributed by atoms with E-state index >= 15 is 0 Å². The second-order valence-corrected chi connectivity index (χ2v) is 7.83. The quantitative estimate of drug-likeness (QED) is 0.711. The van der Waals surface area contributed by atoms with Crippen molar-refractivity contribution in [3.8, 4) is 0 Å². The standard InChI is InChI=1S/C22H25F3N2O4/c1-14-17(19(28)30-3)11-18(15(2)26-14)20(29)31-21(22(23,24)25)9-10-27(13-21)12-16-7-5-4-6-8-16/h4-8,26H,9-13H2,1-3H3/t21-/m1/s1. The number of benzene rings is 1. The number of likely N-dealkylation sites (tertiary alicyclic amines) is 1. The Balaban J connectivity index is 1.78. The number of rotatable bonds is 5. The van der Waals surface area contributed by atoms with Gasteiger partial charge in [-0.25, -0.2) is 9.59 Å². The third-order valence-corrected chi connectivity index (χ3v) is 5.68. The molecule has 1 saturated heterocycles. The summed E-state index contributed by atoms with van der Waals surface area (Å²) >= 11 is 0. The number of carbonyl (C=O) groups is 2. The molecule has 0 aliphatic carbocycles. The summed E-state index contributed by atoms with van der Waals surface area (Å²) in [5.41, 5.74) is -0.721. The lowest BCUT2D eigenvalue weighted by Crippen LogP contribution is -2.51. The number of allylic oxidation sites excluding steroid dienone is 2. The summed E-state index contributed by atoms with van der Waals surface area (Å²) in [7, 11) is 1.20. The van der Waals surface area contributed by atoms with E-state index < -0.39 is 30.3 Å². The van der Waals surface area contributed by atoms with E-state index in [1.807, 2.05) is 30.3 Å². The van der Waals surface area contributed by atoms with E-state index in [0.29, 0.717) is 17.9 Å². The lowest BCUT2D eigenvalue weighted by atomic mass is 9.97. The van der Waals surface area contributed by atoms with Crippen LogP contribution in [0.25, 0.3) is 0 Å². The fourth-order valence-corrected chi connectivity index (χ4v) is 3.89. The molecule has 1 fully saturated rings. The molecule has 2 heterocycles. The van der Waals surface area contributed by atoms with Crippen molar-refractivity contribution in [1.29, 1.82) is 0 Å². The number of nitrogens with zero attached hydrogens (tertiary/aromatic N) is 1. The topological polar surface area (TPSA) is 67.9 Å². The highest BCUT2D eigenvalue weighted by molar-refractivity contribution is 5.96. The molecule has 0 aromatic heterocycles. The fraction of sp³-hybridized carbons (Fsp3) is 0.455. The number of dihydropyridines is 1. The highest BCUT2D eigenvalue weighted by Gasteiger charge is 2.61. The van der Waals surface area contributed by atoms with Crippen LogP contribution in [0.5, 0.6) is 0 Å². The Morgan fingerprint density at radius 1 is 1.10 bits per heavy atom. The average molecular weight is 438 g/mol. The zero-order chi connectivity index (χ0) is 22.8. The van der Waals surface area contributed by atoms with Crippen LogP contribution in [-0.2, 0) is 25.6 Å². The molecule has 9 heteroatoms. The molecular formula is C22H25F3N2O4. The Labute approximate surface area is 178 Å². The average Bonchev–Trinajstić information content (AvgIpc) is 3.11. The number of carbonyl (C=O) groups excluding carboxylic acids is 2. The maximum absolute atomic E-state index is 14.1. The Morgan fingerprint density at radius 3 is 2.29 bits per heavy atom. The van der Waals surface area contributed by atoms with Gasteiger partial charge in [-0.05, 0) is 19.4 Å². The van der Waals surface area contributed by atoms with Gasteiger partial charge in [0.15, 0.2) is 0 Å². The molecule has 0 spiro atoms. The Hall–Kier alpha value is -2.81. The molecule has 6 nitrogen and oxygen atoms in total. The number of alkyl halides is 3. The summed E-state index contributed by atoms with van der Waals surface area (Å²) in [6, 6.07) is 9.15. The van der Waals surface area contributed by atoms with Gasteiger partial charge in [0.05, 0.1) is 18.3 Å². The van der Waals surface area contributed by atoms with E-state index in [1.165, 1.54) is 7.11 Å². The van der Waals surface area contributed by atoms with Crippen LogP contribution >= 0.6 is 0 Å². The van der Waals surface area contributed by atoms with Crippen LogP contribution in [0.1, 0.15) is 32.3 Å². The molecule has 1 aromatic carbocycles. The number of hydrogen-bond donors (Lipinski definition) is 1. The monoisotopic (exact) mass is 438 g/mol. The highest BCUT2D eigenvalue weighted by Crippen LogP contribution is 2.42. The number of methoxy groups -OCH3 is 1. The van der Waals surface area contributed by atoms with Crippen LogP contribution < -0.4 is 5.32 Å². The summed E-state index contributed by atoms with van der Waals surface area (Å²) in [5, 5.41) is 2.86. The zero-order valence-electron chi connectivity index (χ0n) is 17.6. The lowest BCUT2D eigenvalue weighted by Gasteiger charge is -2.33. The summed E-state index contributed by atoms with van der Waals surface area (Å²) in [6.45, 7) is 3.21. The minimum atomic E-state index is -4.73. The van der Waals surface area contributed by atoms with Crippen LogP contribution in [0.2, 0.25) is 0 Å². The molecule has 3 rings (SSSR count). The Kier molecular flexibility index (Phi) is 6.45. The molecule has 31 heavy (non-hydrogen) atoms. The van der Waals surface area contributed by atoms with Gasteiger partial charge in [0.1, 0.15) is 0 Å². The minimum Gasteiger partial charge on any atom is -0.466 e. The first-order valence-corrected chi connectivity index (χ1v) is 9.87. The second-order valence-electron chi connectivity index (χ2n) is 7.83. The van der Waals surface area contributed by atoms with Gasteiger partial charge in [-0.3, -0.25) is 4.90 Å². The molecule has 1 atom stereocenters. The molecule has 1 aromatic rings. The molecule has 2 aliphatic heterocycles. The van der Waals surface area contributed by atoms with Gasteiger partial charge in [-0.1, -0.05) is 30.3 Å². The highest BCUT2D eigenvalue weighted by atomic mass is 19.4. The number of esters is 2. The van der Waals surface area contributed by atoms with E-state index in [4.69, 9.17) is 9.47 Å². The number of nitrogens with one attached hydrogen (secondary N) is 1.